The van der Waals surface area contributed by atoms with Crippen molar-refractivity contribution in [3.63, 3.8) is 0 Å². The largest absolute Gasteiger partial charge is 0.726 e. The molecule has 0 fully saturated rings. The van der Waals surface area contributed by atoms with Gasteiger partial charge in [0.05, 0.1) is 13.7 Å². The Hall–Kier alpha value is -1.51. The van der Waals surface area contributed by atoms with Gasteiger partial charge in [0.25, 0.3) is 0 Å². The summed E-state index contributed by atoms with van der Waals surface area (Å²) in [5.74, 6) is -0.241. The number of pyridine rings is 1. The molecule has 1 heterocycles. The highest BCUT2D eigenvalue weighted by Crippen LogP contribution is 1.99. The lowest BCUT2D eigenvalue weighted by atomic mass is 10.3. The van der Waals surface area contributed by atoms with Crippen molar-refractivity contribution in [2.75, 3.05) is 13.7 Å². The van der Waals surface area contributed by atoms with Gasteiger partial charge in [0, 0.05) is 6.07 Å². The van der Waals surface area contributed by atoms with E-state index in [1.165, 1.54) is 0 Å². The van der Waals surface area contributed by atoms with E-state index < -0.39 is 10.4 Å². The lowest BCUT2D eigenvalue weighted by Crippen LogP contribution is -2.28. The van der Waals surface area contributed by atoms with Crippen LogP contribution in [0.15, 0.2) is 24.5 Å². The molecule has 20 heavy (non-hydrogen) atoms. The van der Waals surface area contributed by atoms with Gasteiger partial charge >= 0.3 is 5.97 Å². The first-order chi connectivity index (χ1) is 9.30. The van der Waals surface area contributed by atoms with E-state index in [-0.39, 0.29) is 5.97 Å². The summed E-state index contributed by atoms with van der Waals surface area (Å²) in [6.07, 6.45) is 5.59. The van der Waals surface area contributed by atoms with E-state index in [0.717, 1.165) is 20.0 Å². The van der Waals surface area contributed by atoms with Crippen molar-refractivity contribution in [1.82, 2.24) is 0 Å². The van der Waals surface area contributed by atoms with Gasteiger partial charge in [-0.2, -0.15) is 0 Å². The third-order valence-electron chi connectivity index (χ3n) is 2.11. The molecule has 7 nitrogen and oxygen atoms in total. The predicted molar refractivity (Wildman–Crippen MR) is 69.5 cm³/mol. The van der Waals surface area contributed by atoms with Crippen LogP contribution in [0, 0.1) is 0 Å². The van der Waals surface area contributed by atoms with E-state index in [9.17, 15) is 17.8 Å². The molecule has 1 aromatic heterocycles. The molecule has 0 radical (unpaired) electrons. The van der Waals surface area contributed by atoms with E-state index in [1.54, 1.807) is 12.3 Å². The molecule has 0 unspecified atom stereocenters. The van der Waals surface area contributed by atoms with Crippen molar-refractivity contribution in [3.05, 3.63) is 30.1 Å². The van der Waals surface area contributed by atoms with Crippen LogP contribution in [0.3, 0.4) is 0 Å². The highest BCUT2D eigenvalue weighted by molar-refractivity contribution is 7.80. The number of hydrogen-bond donors (Lipinski definition) is 0. The minimum atomic E-state index is -4.41. The quantitative estimate of drug-likeness (QED) is 0.259. The standard InChI is InChI=1S/C11H16NO2.CH4O4S/c1-3-4-8-14-11(13)10-6-5-7-12(2)9-10;1-5-6(2,3)4/h5-7,9H,3-4,8H2,1-2H3;1H3,(H,2,3,4)/q+1;/p-1. The molecule has 0 N–H and O–H groups in total. The molecule has 0 saturated heterocycles. The van der Waals surface area contributed by atoms with Crippen LogP contribution in [0.4, 0.5) is 0 Å². The SMILES string of the molecule is CCCCOC(=O)c1ccc[n+](C)c1.COS(=O)(=O)[O-]. The second-order valence-electron chi connectivity index (χ2n) is 3.82. The van der Waals surface area contributed by atoms with Gasteiger partial charge < -0.3 is 9.29 Å². The van der Waals surface area contributed by atoms with Crippen LogP contribution in [0.25, 0.3) is 0 Å². The Morgan fingerprint density at radius 2 is 2.05 bits per heavy atom. The Morgan fingerprint density at radius 1 is 1.45 bits per heavy atom. The third-order valence-corrected chi connectivity index (χ3v) is 2.52. The fourth-order valence-electron chi connectivity index (χ4n) is 1.10. The molecule has 0 saturated carbocycles. The molecule has 1 aromatic rings. The van der Waals surface area contributed by atoms with Crippen LogP contribution in [-0.2, 0) is 26.4 Å². The number of ether oxygens (including phenoxy) is 1. The zero-order chi connectivity index (χ0) is 15.6. The van der Waals surface area contributed by atoms with Crippen molar-refractivity contribution in [2.45, 2.75) is 19.8 Å². The van der Waals surface area contributed by atoms with Crippen molar-refractivity contribution in [1.29, 1.82) is 0 Å². The van der Waals surface area contributed by atoms with E-state index in [0.29, 0.717) is 12.2 Å². The predicted octanol–water partition coefficient (Wildman–Crippen LogP) is 0.561. The Balaban J connectivity index is 0.000000511. The zero-order valence-corrected chi connectivity index (χ0v) is 12.6. The number of esters is 1. The van der Waals surface area contributed by atoms with E-state index >= 15 is 0 Å². The molecule has 0 aliphatic rings. The van der Waals surface area contributed by atoms with Gasteiger partial charge in [-0.3, -0.25) is 4.18 Å². The van der Waals surface area contributed by atoms with Crippen molar-refractivity contribution >= 4 is 16.4 Å². The molecule has 0 atom stereocenters. The maximum Gasteiger partial charge on any atom is 0.344 e. The number of carbonyl (C=O) groups excluding carboxylic acids is 1. The summed E-state index contributed by atoms with van der Waals surface area (Å²) in [7, 11) is -1.73. The molecule has 8 heteroatoms. The van der Waals surface area contributed by atoms with Crippen molar-refractivity contribution in [2.24, 2.45) is 7.05 Å². The van der Waals surface area contributed by atoms with Gasteiger partial charge in [-0.05, 0) is 12.5 Å². The number of nitrogens with zero attached hydrogens (tertiary/aromatic N) is 1. The van der Waals surface area contributed by atoms with Gasteiger partial charge in [0.2, 0.25) is 10.4 Å². The van der Waals surface area contributed by atoms with Crippen molar-refractivity contribution in [3.8, 4) is 0 Å². The first-order valence-electron chi connectivity index (χ1n) is 5.94. The number of aryl methyl sites for hydroxylation is 1. The monoisotopic (exact) mass is 305 g/mol. The summed E-state index contributed by atoms with van der Waals surface area (Å²) in [5, 5.41) is 0. The summed E-state index contributed by atoms with van der Waals surface area (Å²) in [6, 6.07) is 3.59. The second-order valence-corrected chi connectivity index (χ2v) is 4.97. The number of aromatic nitrogens is 1. The molecule has 0 aromatic carbocycles. The van der Waals surface area contributed by atoms with E-state index in [1.807, 2.05) is 23.9 Å². The molecule has 1 rings (SSSR count). The maximum absolute atomic E-state index is 11.4. The minimum absolute atomic E-state index is 0.241. The van der Waals surface area contributed by atoms with Crippen LogP contribution in [-0.4, -0.2) is 32.7 Å². The topological polar surface area (TPSA) is 96.6 Å². The van der Waals surface area contributed by atoms with E-state index in [4.69, 9.17) is 4.74 Å². The number of carbonyl (C=O) groups is 1. The highest BCUT2D eigenvalue weighted by Gasteiger charge is 2.09. The summed E-state index contributed by atoms with van der Waals surface area (Å²) in [6.45, 7) is 2.57. The normalized spacial score (nSPS) is 10.4. The average Bonchev–Trinajstić information content (AvgIpc) is 2.39. The van der Waals surface area contributed by atoms with Gasteiger partial charge in [-0.1, -0.05) is 13.3 Å². The van der Waals surface area contributed by atoms with Gasteiger partial charge in [-0.15, -0.1) is 0 Å². The van der Waals surface area contributed by atoms with Crippen LogP contribution in [0.2, 0.25) is 0 Å². The summed E-state index contributed by atoms with van der Waals surface area (Å²) in [4.78, 5) is 11.4. The van der Waals surface area contributed by atoms with Crippen LogP contribution in [0.1, 0.15) is 30.1 Å². The summed E-state index contributed by atoms with van der Waals surface area (Å²) < 4.78 is 37.9. The third kappa shape index (κ3) is 9.42. The Morgan fingerprint density at radius 3 is 2.50 bits per heavy atom. The average molecular weight is 305 g/mol. The summed E-state index contributed by atoms with van der Waals surface area (Å²) in [5.41, 5.74) is 0.603. The Bertz CT molecular complexity index is 514. The van der Waals surface area contributed by atoms with E-state index in [2.05, 4.69) is 11.1 Å². The van der Waals surface area contributed by atoms with Crippen LogP contribution < -0.4 is 4.57 Å². The molecule has 0 aliphatic carbocycles. The lowest BCUT2D eigenvalue weighted by molar-refractivity contribution is -0.671. The zero-order valence-electron chi connectivity index (χ0n) is 11.7. The number of rotatable bonds is 5. The van der Waals surface area contributed by atoms with Crippen LogP contribution in [0.5, 0.6) is 0 Å². The number of unbranched alkanes of at least 4 members (excludes halogenated alkanes) is 1. The molecule has 0 spiro atoms. The highest BCUT2D eigenvalue weighted by atomic mass is 32.3. The number of hydrogen-bond acceptors (Lipinski definition) is 6. The molecule has 0 bridgehead atoms. The molecule has 0 amide bonds. The van der Waals surface area contributed by atoms with Crippen molar-refractivity contribution < 1.29 is 31.3 Å². The molecule has 0 aliphatic heterocycles. The second kappa shape index (κ2) is 9.40. The summed E-state index contributed by atoms with van der Waals surface area (Å²) >= 11 is 0. The Labute approximate surface area is 119 Å². The van der Waals surface area contributed by atoms with Gasteiger partial charge in [-0.25, -0.2) is 17.8 Å². The van der Waals surface area contributed by atoms with Gasteiger partial charge in [0.15, 0.2) is 12.4 Å². The van der Waals surface area contributed by atoms with Gasteiger partial charge in [0.1, 0.15) is 12.6 Å². The smallest absolute Gasteiger partial charge is 0.344 e. The maximum atomic E-state index is 11.4. The first kappa shape index (κ1) is 18.5. The molecule has 114 valence electrons. The lowest BCUT2D eigenvalue weighted by Gasteiger charge is -2.01. The van der Waals surface area contributed by atoms with Crippen LogP contribution >= 0.6 is 0 Å². The fourth-order valence-corrected chi connectivity index (χ4v) is 1.10. The Kier molecular flexibility index (Phi) is 8.69. The first-order valence-corrected chi connectivity index (χ1v) is 7.27. The molecular formula is C12H19NO6S. The molecular weight excluding hydrogens is 286 g/mol. The fraction of sp³-hybridized carbons (Fsp3) is 0.500. The minimum Gasteiger partial charge on any atom is -0.726 e.